The first-order chi connectivity index (χ1) is 7.70. The molecule has 2 rings (SSSR count). The smallest absolute Gasteiger partial charge is 0.241 e. The van der Waals surface area contributed by atoms with Crippen LogP contribution in [0.2, 0.25) is 10.0 Å². The van der Waals surface area contributed by atoms with Crippen LogP contribution < -0.4 is 0 Å². The third kappa shape index (κ3) is 2.16. The number of aromatic nitrogens is 2. The van der Waals surface area contributed by atoms with E-state index < -0.39 is 0 Å². The molecule has 0 fully saturated rings. The van der Waals surface area contributed by atoms with Gasteiger partial charge in [0, 0.05) is 5.56 Å². The average molecular weight is 254 g/mol. The number of hydrogen-bond acceptors (Lipinski definition) is 4. The maximum absolute atomic E-state index is 8.46. The van der Waals surface area contributed by atoms with Crippen LogP contribution in [0, 0.1) is 11.3 Å². The summed E-state index contributed by atoms with van der Waals surface area (Å²) in [6, 6.07) is 6.95. The van der Waals surface area contributed by atoms with Crippen molar-refractivity contribution in [1.29, 1.82) is 5.26 Å². The molecule has 6 heteroatoms. The van der Waals surface area contributed by atoms with Gasteiger partial charge in [-0.25, -0.2) is 0 Å². The predicted molar refractivity (Wildman–Crippen MR) is 59.1 cm³/mol. The van der Waals surface area contributed by atoms with Crippen LogP contribution in [0.4, 0.5) is 0 Å². The van der Waals surface area contributed by atoms with Crippen molar-refractivity contribution in [3.63, 3.8) is 0 Å². The van der Waals surface area contributed by atoms with E-state index in [1.54, 1.807) is 18.2 Å². The van der Waals surface area contributed by atoms with Crippen molar-refractivity contribution < 1.29 is 4.52 Å². The summed E-state index contributed by atoms with van der Waals surface area (Å²) in [5, 5.41) is 13.1. The van der Waals surface area contributed by atoms with E-state index in [0.29, 0.717) is 21.4 Å². The Morgan fingerprint density at radius 2 is 2.12 bits per heavy atom. The lowest BCUT2D eigenvalue weighted by atomic mass is 10.2. The third-order valence-electron chi connectivity index (χ3n) is 1.88. The van der Waals surface area contributed by atoms with Gasteiger partial charge in [0.2, 0.25) is 11.7 Å². The lowest BCUT2D eigenvalue weighted by molar-refractivity contribution is 0.388. The zero-order valence-corrected chi connectivity index (χ0v) is 9.46. The highest BCUT2D eigenvalue weighted by atomic mass is 35.5. The molecule has 1 heterocycles. The van der Waals surface area contributed by atoms with Crippen molar-refractivity contribution in [3.05, 3.63) is 34.1 Å². The van der Waals surface area contributed by atoms with Crippen molar-refractivity contribution in [2.45, 2.75) is 6.42 Å². The SMILES string of the molecule is N#CCc1nc(-c2ccc(Cl)c(Cl)c2)no1. The van der Waals surface area contributed by atoms with E-state index in [-0.39, 0.29) is 12.3 Å². The van der Waals surface area contributed by atoms with Gasteiger partial charge >= 0.3 is 0 Å². The van der Waals surface area contributed by atoms with E-state index in [4.69, 9.17) is 33.0 Å². The lowest BCUT2D eigenvalue weighted by Crippen LogP contribution is -1.83. The molecule has 4 nitrogen and oxygen atoms in total. The third-order valence-corrected chi connectivity index (χ3v) is 2.62. The van der Waals surface area contributed by atoms with Gasteiger partial charge in [0.15, 0.2) is 0 Å². The Balaban J connectivity index is 2.36. The van der Waals surface area contributed by atoms with Crippen molar-refractivity contribution in [2.75, 3.05) is 0 Å². The highest BCUT2D eigenvalue weighted by Gasteiger charge is 2.09. The molecule has 0 atom stereocenters. The second-order valence-corrected chi connectivity index (χ2v) is 3.79. The number of nitriles is 1. The van der Waals surface area contributed by atoms with Crippen molar-refractivity contribution in [3.8, 4) is 17.5 Å². The molecule has 0 spiro atoms. The molecular formula is C10H5Cl2N3O. The van der Waals surface area contributed by atoms with Gasteiger partial charge in [0.25, 0.3) is 0 Å². The van der Waals surface area contributed by atoms with Gasteiger partial charge in [0.1, 0.15) is 6.42 Å². The Labute approximate surface area is 101 Å². The first kappa shape index (κ1) is 10.9. The van der Waals surface area contributed by atoms with Crippen LogP contribution >= 0.6 is 23.2 Å². The van der Waals surface area contributed by atoms with Crippen molar-refractivity contribution >= 4 is 23.2 Å². The number of benzene rings is 1. The van der Waals surface area contributed by atoms with Gasteiger partial charge in [-0.2, -0.15) is 10.2 Å². The van der Waals surface area contributed by atoms with E-state index in [1.807, 2.05) is 6.07 Å². The molecule has 80 valence electrons. The minimum atomic E-state index is 0.0916. The van der Waals surface area contributed by atoms with Crippen molar-refractivity contribution in [2.24, 2.45) is 0 Å². The van der Waals surface area contributed by atoms with Gasteiger partial charge < -0.3 is 4.52 Å². The molecule has 16 heavy (non-hydrogen) atoms. The molecule has 0 saturated carbocycles. The van der Waals surface area contributed by atoms with E-state index in [2.05, 4.69) is 10.1 Å². The first-order valence-corrected chi connectivity index (χ1v) is 5.11. The minimum Gasteiger partial charge on any atom is -0.338 e. The minimum absolute atomic E-state index is 0.0916. The molecule has 0 bridgehead atoms. The molecule has 1 aromatic carbocycles. The Morgan fingerprint density at radius 1 is 1.31 bits per heavy atom. The molecule has 2 aromatic rings. The number of rotatable bonds is 2. The summed E-state index contributed by atoms with van der Waals surface area (Å²) < 4.78 is 4.87. The Kier molecular flexibility index (Phi) is 3.09. The molecule has 0 unspecified atom stereocenters. The van der Waals surface area contributed by atoms with Crippen LogP contribution in [0.25, 0.3) is 11.4 Å². The molecule has 0 aliphatic rings. The largest absolute Gasteiger partial charge is 0.338 e. The topological polar surface area (TPSA) is 62.7 Å². The monoisotopic (exact) mass is 253 g/mol. The van der Waals surface area contributed by atoms with Crippen LogP contribution in [0.3, 0.4) is 0 Å². The summed E-state index contributed by atoms with van der Waals surface area (Å²) in [6.45, 7) is 0. The molecule has 0 aliphatic heterocycles. The quantitative estimate of drug-likeness (QED) is 0.825. The standard InChI is InChI=1S/C10H5Cl2N3O/c11-7-2-1-6(5-8(7)12)10-14-9(3-4-13)16-15-10/h1-2,5H,3H2. The molecule has 1 aromatic heterocycles. The summed E-state index contributed by atoms with van der Waals surface area (Å²) in [5.41, 5.74) is 0.697. The zero-order valence-electron chi connectivity index (χ0n) is 7.94. The van der Waals surface area contributed by atoms with Crippen LogP contribution in [-0.4, -0.2) is 10.1 Å². The second-order valence-electron chi connectivity index (χ2n) is 2.98. The summed E-state index contributed by atoms with van der Waals surface area (Å²) in [6.07, 6.45) is 0.0916. The predicted octanol–water partition coefficient (Wildman–Crippen LogP) is 3.11. The Morgan fingerprint density at radius 3 is 2.81 bits per heavy atom. The Bertz CT molecular complexity index is 559. The number of halogens is 2. The highest BCUT2D eigenvalue weighted by molar-refractivity contribution is 6.42. The van der Waals surface area contributed by atoms with Gasteiger partial charge in [-0.1, -0.05) is 28.4 Å². The van der Waals surface area contributed by atoms with Crippen LogP contribution in [-0.2, 0) is 6.42 Å². The fraction of sp³-hybridized carbons (Fsp3) is 0.100. The van der Waals surface area contributed by atoms with Crippen molar-refractivity contribution in [1.82, 2.24) is 10.1 Å². The Hall–Kier alpha value is -1.57. The van der Waals surface area contributed by atoms with E-state index in [1.165, 1.54) is 0 Å². The lowest BCUT2D eigenvalue weighted by Gasteiger charge is -1.97. The summed E-state index contributed by atoms with van der Waals surface area (Å²) >= 11 is 11.6. The van der Waals surface area contributed by atoms with Gasteiger partial charge in [-0.3, -0.25) is 0 Å². The zero-order chi connectivity index (χ0) is 11.5. The summed E-state index contributed by atoms with van der Waals surface area (Å²) in [7, 11) is 0. The number of nitrogens with zero attached hydrogens (tertiary/aromatic N) is 3. The fourth-order valence-electron chi connectivity index (χ4n) is 1.15. The van der Waals surface area contributed by atoms with E-state index >= 15 is 0 Å². The van der Waals surface area contributed by atoms with Gasteiger partial charge in [-0.05, 0) is 18.2 Å². The normalized spacial score (nSPS) is 10.1. The molecule has 0 saturated heterocycles. The van der Waals surface area contributed by atoms with Gasteiger partial charge in [-0.15, -0.1) is 0 Å². The fourth-order valence-corrected chi connectivity index (χ4v) is 1.44. The number of hydrogen-bond donors (Lipinski definition) is 0. The first-order valence-electron chi connectivity index (χ1n) is 4.35. The van der Waals surface area contributed by atoms with Gasteiger partial charge in [0.05, 0.1) is 16.1 Å². The van der Waals surface area contributed by atoms with Crippen LogP contribution in [0.5, 0.6) is 0 Å². The molecule has 0 aliphatic carbocycles. The van der Waals surface area contributed by atoms with Crippen LogP contribution in [0.1, 0.15) is 5.89 Å². The molecular weight excluding hydrogens is 249 g/mol. The molecule has 0 N–H and O–H groups in total. The maximum atomic E-state index is 8.46. The molecule has 0 radical (unpaired) electrons. The van der Waals surface area contributed by atoms with E-state index in [9.17, 15) is 0 Å². The van der Waals surface area contributed by atoms with E-state index in [0.717, 1.165) is 0 Å². The second kappa shape index (κ2) is 4.52. The highest BCUT2D eigenvalue weighted by Crippen LogP contribution is 2.26. The van der Waals surface area contributed by atoms with Crippen LogP contribution in [0.15, 0.2) is 22.7 Å². The maximum Gasteiger partial charge on any atom is 0.241 e. The summed E-state index contributed by atoms with van der Waals surface area (Å²) in [4.78, 5) is 4.04. The average Bonchev–Trinajstić information content (AvgIpc) is 2.71. The summed E-state index contributed by atoms with van der Waals surface area (Å²) in [5.74, 6) is 0.674. The molecule has 0 amide bonds.